The van der Waals surface area contributed by atoms with Gasteiger partial charge in [0.05, 0.1) is 12.3 Å². The molecule has 4 atom stereocenters. The molecule has 236 valence electrons. The molecule has 2 saturated heterocycles. The van der Waals surface area contributed by atoms with Crippen LogP contribution in [0.15, 0.2) is 48.5 Å². The van der Waals surface area contributed by atoms with E-state index in [9.17, 15) is 10.2 Å². The van der Waals surface area contributed by atoms with Crippen LogP contribution in [0.1, 0.15) is 88.2 Å². The summed E-state index contributed by atoms with van der Waals surface area (Å²) in [7, 11) is 0. The van der Waals surface area contributed by atoms with Crippen molar-refractivity contribution < 1.29 is 15.0 Å². The normalized spacial score (nSPS) is 27.3. The molecule has 7 heteroatoms. The Hall–Kier alpha value is -1.47. The Balaban J connectivity index is 0.00000180. The molecule has 2 aliphatic heterocycles. The van der Waals surface area contributed by atoms with Gasteiger partial charge in [-0.05, 0) is 112 Å². The molecule has 2 aliphatic carbocycles. The number of aliphatic hydroxyl groups excluding tert-OH is 2. The monoisotopic (exact) mass is 628 g/mol. The van der Waals surface area contributed by atoms with Crippen molar-refractivity contribution in [2.45, 2.75) is 100 Å². The quantitative estimate of drug-likeness (QED) is 0.323. The average molecular weight is 630 g/mol. The Morgan fingerprint density at radius 3 is 1.70 bits per heavy atom. The molecule has 2 aromatic carbocycles. The van der Waals surface area contributed by atoms with Gasteiger partial charge in [0.15, 0.2) is 0 Å². The third-order valence-corrected chi connectivity index (χ3v) is 11.8. The number of hydrogen-bond acceptors (Lipinski definition) is 5. The molecule has 4 fully saturated rings. The Labute approximate surface area is 268 Å². The molecule has 4 aliphatic rings. The lowest BCUT2D eigenvalue weighted by atomic mass is 9.58. The van der Waals surface area contributed by atoms with Crippen molar-refractivity contribution in [2.24, 2.45) is 11.8 Å². The number of carbonyl (C=O) groups is 1. The third-order valence-electron chi connectivity index (χ3n) is 11.3. The van der Waals surface area contributed by atoms with Gasteiger partial charge in [-0.1, -0.05) is 73.2 Å². The topological polar surface area (TPSA) is 64.0 Å². The predicted molar refractivity (Wildman–Crippen MR) is 176 cm³/mol. The minimum Gasteiger partial charge on any atom is -0.396 e. The molecule has 6 rings (SSSR count). The van der Waals surface area contributed by atoms with Crippen molar-refractivity contribution in [1.29, 1.82) is 0 Å². The highest BCUT2D eigenvalue weighted by molar-refractivity contribution is 6.30. The van der Waals surface area contributed by atoms with Crippen LogP contribution < -0.4 is 0 Å². The number of benzene rings is 2. The molecule has 2 heterocycles. The molecule has 0 bridgehead atoms. The van der Waals surface area contributed by atoms with Crippen LogP contribution >= 0.6 is 23.2 Å². The van der Waals surface area contributed by atoms with Gasteiger partial charge in [-0.3, -0.25) is 9.80 Å². The van der Waals surface area contributed by atoms with Crippen LogP contribution in [0.4, 0.5) is 0 Å². The molecule has 43 heavy (non-hydrogen) atoms. The van der Waals surface area contributed by atoms with Crippen LogP contribution in [0, 0.1) is 11.8 Å². The van der Waals surface area contributed by atoms with Gasteiger partial charge in [0.25, 0.3) is 0 Å². The van der Waals surface area contributed by atoms with E-state index in [2.05, 4.69) is 46.2 Å². The van der Waals surface area contributed by atoms with Crippen molar-refractivity contribution in [3.8, 4) is 0 Å². The van der Waals surface area contributed by atoms with Gasteiger partial charge in [0, 0.05) is 40.6 Å². The minimum absolute atomic E-state index is 0.0547. The average Bonchev–Trinajstić information content (AvgIpc) is 3.38. The third kappa shape index (κ3) is 6.73. The number of carbonyl (C=O) groups excluding carboxylic acids is 1. The second kappa shape index (κ2) is 14.7. The Morgan fingerprint density at radius 2 is 1.21 bits per heavy atom. The highest BCUT2D eigenvalue weighted by Crippen LogP contribution is 2.52. The van der Waals surface area contributed by atoms with E-state index in [1.807, 2.05) is 18.9 Å². The minimum atomic E-state index is -0.360. The van der Waals surface area contributed by atoms with Crippen molar-refractivity contribution in [1.82, 2.24) is 9.80 Å². The van der Waals surface area contributed by atoms with Crippen molar-refractivity contribution >= 4 is 30.0 Å². The van der Waals surface area contributed by atoms with E-state index in [0.717, 1.165) is 68.3 Å². The first-order valence-corrected chi connectivity index (χ1v) is 17.3. The van der Waals surface area contributed by atoms with Crippen LogP contribution in [0.3, 0.4) is 0 Å². The highest BCUT2D eigenvalue weighted by Gasteiger charge is 2.53. The fourth-order valence-electron chi connectivity index (χ4n) is 8.83. The molecule has 2 saturated carbocycles. The van der Waals surface area contributed by atoms with E-state index in [1.54, 1.807) is 0 Å². The fraction of sp³-hybridized carbons (Fsp3) is 0.639. The van der Waals surface area contributed by atoms with Crippen LogP contribution in [0.25, 0.3) is 0 Å². The second-order valence-corrected chi connectivity index (χ2v) is 14.5. The predicted octanol–water partition coefficient (Wildman–Crippen LogP) is 7.24. The van der Waals surface area contributed by atoms with Crippen molar-refractivity contribution in [2.75, 3.05) is 32.8 Å². The lowest BCUT2D eigenvalue weighted by Gasteiger charge is -2.57. The van der Waals surface area contributed by atoms with Gasteiger partial charge in [-0.25, -0.2) is 0 Å². The zero-order valence-electron chi connectivity index (χ0n) is 25.6. The van der Waals surface area contributed by atoms with Crippen LogP contribution in [-0.2, 0) is 15.6 Å². The van der Waals surface area contributed by atoms with Gasteiger partial charge in [0.1, 0.15) is 6.79 Å². The van der Waals surface area contributed by atoms with Crippen LogP contribution in [0.5, 0.6) is 0 Å². The summed E-state index contributed by atoms with van der Waals surface area (Å²) in [5.41, 5.74) is 2.55. The first kappa shape index (κ1) is 32.9. The summed E-state index contributed by atoms with van der Waals surface area (Å²) in [6.07, 6.45) is 13.7. The number of rotatable bonds is 8. The molecule has 2 aromatic rings. The lowest BCUT2D eigenvalue weighted by molar-refractivity contribution is -0.0980. The van der Waals surface area contributed by atoms with Gasteiger partial charge in [0.2, 0.25) is 0 Å². The standard InChI is InChI=1S/C35H48Cl2N2O2.CH2O/c36-30-13-9-28(10-14-30)34(17-5-18-34)32(41)27-8-2-4-22-39(24-27)33(38-21-3-1-7-26(23-38)25-40)35(19-6-20-35)29-11-15-31(37)16-12-29;1-2/h9-16,26-27,32-33,40-41H,1-8,17-25H2;1H2. The molecule has 2 N–H and O–H groups in total. The number of hydrogen-bond donors (Lipinski definition) is 2. The SMILES string of the molecule is C=O.OCC1CCCCN(C(N2CCCCC(C(O)C3(c4ccc(Cl)cc4)CCC3)C2)C2(c3ccc(Cl)cc3)CCC2)C1. The number of aliphatic hydroxyl groups is 2. The number of halogens is 2. The Morgan fingerprint density at radius 1 is 0.721 bits per heavy atom. The first-order valence-electron chi connectivity index (χ1n) is 16.5. The summed E-state index contributed by atoms with van der Waals surface area (Å²) in [6, 6.07) is 16.9. The zero-order chi connectivity index (χ0) is 30.5. The first-order chi connectivity index (χ1) is 20.9. The van der Waals surface area contributed by atoms with Gasteiger partial charge in [-0.2, -0.15) is 0 Å². The highest BCUT2D eigenvalue weighted by atomic mass is 35.5. The summed E-state index contributed by atoms with van der Waals surface area (Å²) in [5.74, 6) is 0.567. The van der Waals surface area contributed by atoms with E-state index in [0.29, 0.717) is 5.92 Å². The number of nitrogens with zero attached hydrogens (tertiary/aromatic N) is 2. The maximum Gasteiger partial charge on any atom is 0.106 e. The maximum atomic E-state index is 12.2. The fourth-order valence-corrected chi connectivity index (χ4v) is 9.08. The molecule has 4 unspecified atom stereocenters. The van der Waals surface area contributed by atoms with Crippen molar-refractivity contribution in [3.63, 3.8) is 0 Å². The van der Waals surface area contributed by atoms with Gasteiger partial charge >= 0.3 is 0 Å². The lowest BCUT2D eigenvalue weighted by Crippen LogP contribution is -2.64. The largest absolute Gasteiger partial charge is 0.396 e. The smallest absolute Gasteiger partial charge is 0.106 e. The molecule has 5 nitrogen and oxygen atoms in total. The number of likely N-dealkylation sites (tertiary alicyclic amines) is 2. The Kier molecular flexibility index (Phi) is 11.3. The van der Waals surface area contributed by atoms with Gasteiger partial charge in [-0.15, -0.1) is 0 Å². The molecule has 0 amide bonds. The van der Waals surface area contributed by atoms with Gasteiger partial charge < -0.3 is 15.0 Å². The summed E-state index contributed by atoms with van der Waals surface area (Å²) >= 11 is 12.6. The second-order valence-electron chi connectivity index (χ2n) is 13.6. The zero-order valence-corrected chi connectivity index (χ0v) is 27.1. The summed E-state index contributed by atoms with van der Waals surface area (Å²) in [6.45, 7) is 6.29. The molecular formula is C36H50Cl2N2O3. The molecule has 0 spiro atoms. The summed E-state index contributed by atoms with van der Waals surface area (Å²) in [5, 5.41) is 24.0. The van der Waals surface area contributed by atoms with E-state index in [-0.39, 0.29) is 35.6 Å². The van der Waals surface area contributed by atoms with E-state index < -0.39 is 0 Å². The molecular weight excluding hydrogens is 579 g/mol. The Bertz CT molecular complexity index is 1150. The molecule has 0 radical (unpaired) electrons. The summed E-state index contributed by atoms with van der Waals surface area (Å²) < 4.78 is 0. The van der Waals surface area contributed by atoms with Crippen LogP contribution in [-0.4, -0.2) is 71.9 Å². The van der Waals surface area contributed by atoms with E-state index in [1.165, 1.54) is 56.1 Å². The van der Waals surface area contributed by atoms with E-state index >= 15 is 0 Å². The van der Waals surface area contributed by atoms with E-state index in [4.69, 9.17) is 28.0 Å². The van der Waals surface area contributed by atoms with Crippen LogP contribution in [0.2, 0.25) is 10.0 Å². The van der Waals surface area contributed by atoms with Crippen molar-refractivity contribution in [3.05, 3.63) is 69.7 Å². The summed E-state index contributed by atoms with van der Waals surface area (Å²) in [4.78, 5) is 13.5. The molecule has 0 aromatic heterocycles. The maximum absolute atomic E-state index is 12.2.